The Morgan fingerprint density at radius 3 is 2.35 bits per heavy atom. The first-order chi connectivity index (χ1) is 12.8. The van der Waals surface area contributed by atoms with Crippen LogP contribution in [0.1, 0.15) is 31.2 Å². The Morgan fingerprint density at radius 1 is 0.769 bits per heavy atom. The minimum absolute atomic E-state index is 0.935. The Balaban J connectivity index is 1.34. The van der Waals surface area contributed by atoms with Crippen LogP contribution in [0.15, 0.2) is 72.9 Å². The maximum Gasteiger partial charge on any atom is 0.0708 e. The lowest BCUT2D eigenvalue weighted by Gasteiger charge is -2.21. The lowest BCUT2D eigenvalue weighted by molar-refractivity contribution is 0.331. The van der Waals surface area contributed by atoms with Gasteiger partial charge in [0.25, 0.3) is 0 Å². The van der Waals surface area contributed by atoms with Gasteiger partial charge in [0.2, 0.25) is 0 Å². The third-order valence-corrected chi connectivity index (χ3v) is 6.50. The summed E-state index contributed by atoms with van der Waals surface area (Å²) in [5.41, 5.74) is 6.23. The van der Waals surface area contributed by atoms with E-state index in [-0.39, 0.29) is 0 Å². The highest BCUT2D eigenvalue weighted by Gasteiger charge is 2.39. The molecular formula is C25H25N. The van der Waals surface area contributed by atoms with Crippen LogP contribution in [0, 0.1) is 17.8 Å². The van der Waals surface area contributed by atoms with Crippen LogP contribution in [0.3, 0.4) is 0 Å². The minimum atomic E-state index is 0.935. The number of benzene rings is 2. The summed E-state index contributed by atoms with van der Waals surface area (Å²) >= 11 is 0. The fraction of sp³-hybridized carbons (Fsp3) is 0.320. The van der Waals surface area contributed by atoms with Gasteiger partial charge in [0.15, 0.2) is 0 Å². The third-order valence-electron chi connectivity index (χ3n) is 6.50. The van der Waals surface area contributed by atoms with Gasteiger partial charge in [-0.3, -0.25) is 4.98 Å². The minimum Gasteiger partial charge on any atom is -0.256 e. The normalized spacial score (nSPS) is 24.1. The van der Waals surface area contributed by atoms with Crippen LogP contribution in [-0.4, -0.2) is 4.98 Å². The molecule has 2 bridgehead atoms. The molecule has 0 radical (unpaired) electrons. The molecule has 1 heteroatoms. The standard InChI is InChI=1S/C25H25N/c1-2-4-21(5-3-1)25-17-23(12-13-26-25)20-9-6-18(7-10-20)14-24-16-19-8-11-22(24)15-19/h1-7,9-10,12-13,17,19,22,24H,8,11,14-16H2. The molecule has 26 heavy (non-hydrogen) atoms. The van der Waals surface area contributed by atoms with Gasteiger partial charge in [-0.1, -0.05) is 61.0 Å². The number of nitrogens with zero attached hydrogens (tertiary/aromatic N) is 1. The number of aromatic nitrogens is 1. The van der Waals surface area contributed by atoms with E-state index < -0.39 is 0 Å². The van der Waals surface area contributed by atoms with Gasteiger partial charge >= 0.3 is 0 Å². The molecule has 2 aliphatic carbocycles. The van der Waals surface area contributed by atoms with Crippen molar-refractivity contribution in [2.24, 2.45) is 17.8 Å². The molecular weight excluding hydrogens is 314 g/mol. The lowest BCUT2D eigenvalue weighted by atomic mass is 9.84. The molecule has 5 rings (SSSR count). The fourth-order valence-electron chi connectivity index (χ4n) is 5.14. The SMILES string of the molecule is c1ccc(-c2cc(-c3ccc(CC4CC5CCC4C5)cc3)ccn2)cc1. The van der Waals surface area contributed by atoms with Crippen molar-refractivity contribution in [2.75, 3.05) is 0 Å². The van der Waals surface area contributed by atoms with Gasteiger partial charge in [0, 0.05) is 11.8 Å². The highest BCUT2D eigenvalue weighted by molar-refractivity contribution is 5.70. The van der Waals surface area contributed by atoms with E-state index in [2.05, 4.69) is 65.6 Å². The molecule has 0 amide bonds. The van der Waals surface area contributed by atoms with E-state index in [0.717, 1.165) is 23.4 Å². The first-order valence-corrected chi connectivity index (χ1v) is 9.96. The number of rotatable bonds is 4. The smallest absolute Gasteiger partial charge is 0.0708 e. The van der Waals surface area contributed by atoms with Crippen molar-refractivity contribution in [2.45, 2.75) is 32.1 Å². The molecule has 0 saturated heterocycles. The van der Waals surface area contributed by atoms with E-state index in [1.807, 2.05) is 12.3 Å². The topological polar surface area (TPSA) is 12.9 Å². The van der Waals surface area contributed by atoms with Crippen LogP contribution < -0.4 is 0 Å². The highest BCUT2D eigenvalue weighted by atomic mass is 14.7. The zero-order valence-corrected chi connectivity index (χ0v) is 15.1. The summed E-state index contributed by atoms with van der Waals surface area (Å²) in [6.07, 6.45) is 9.13. The van der Waals surface area contributed by atoms with E-state index in [1.165, 1.54) is 54.4 Å². The molecule has 2 saturated carbocycles. The van der Waals surface area contributed by atoms with Gasteiger partial charge in [0.05, 0.1) is 5.69 Å². The quantitative estimate of drug-likeness (QED) is 0.536. The van der Waals surface area contributed by atoms with Crippen LogP contribution in [0.25, 0.3) is 22.4 Å². The van der Waals surface area contributed by atoms with Crippen molar-refractivity contribution in [3.05, 3.63) is 78.5 Å². The van der Waals surface area contributed by atoms with Gasteiger partial charge in [-0.15, -0.1) is 0 Å². The molecule has 2 aromatic carbocycles. The highest BCUT2D eigenvalue weighted by Crippen LogP contribution is 2.49. The Labute approximate surface area is 156 Å². The van der Waals surface area contributed by atoms with Crippen molar-refractivity contribution in [1.82, 2.24) is 4.98 Å². The molecule has 1 heterocycles. The fourth-order valence-corrected chi connectivity index (χ4v) is 5.14. The van der Waals surface area contributed by atoms with E-state index in [9.17, 15) is 0 Å². The first kappa shape index (κ1) is 15.8. The second kappa shape index (κ2) is 6.72. The molecule has 3 aromatic rings. The van der Waals surface area contributed by atoms with Gasteiger partial charge in [-0.25, -0.2) is 0 Å². The lowest BCUT2D eigenvalue weighted by Crippen LogP contribution is -2.12. The largest absolute Gasteiger partial charge is 0.256 e. The maximum atomic E-state index is 4.54. The van der Waals surface area contributed by atoms with Crippen molar-refractivity contribution in [3.8, 4) is 22.4 Å². The molecule has 0 spiro atoms. The first-order valence-electron chi connectivity index (χ1n) is 9.96. The Hall–Kier alpha value is -2.41. The zero-order chi connectivity index (χ0) is 17.3. The second-order valence-corrected chi connectivity index (χ2v) is 8.13. The average Bonchev–Trinajstić information content (AvgIpc) is 3.33. The summed E-state index contributed by atoms with van der Waals surface area (Å²) in [6, 6.07) is 23.9. The van der Waals surface area contributed by atoms with Crippen LogP contribution >= 0.6 is 0 Å². The van der Waals surface area contributed by atoms with Gasteiger partial charge in [-0.2, -0.15) is 0 Å². The van der Waals surface area contributed by atoms with Gasteiger partial charge in [0.1, 0.15) is 0 Å². The molecule has 0 N–H and O–H groups in total. The average molecular weight is 339 g/mol. The van der Waals surface area contributed by atoms with Crippen molar-refractivity contribution >= 4 is 0 Å². The number of hydrogen-bond acceptors (Lipinski definition) is 1. The van der Waals surface area contributed by atoms with Crippen molar-refractivity contribution < 1.29 is 0 Å². The maximum absolute atomic E-state index is 4.54. The summed E-state index contributed by atoms with van der Waals surface area (Å²) in [5, 5.41) is 0. The summed E-state index contributed by atoms with van der Waals surface area (Å²) < 4.78 is 0. The van der Waals surface area contributed by atoms with E-state index >= 15 is 0 Å². The Kier molecular flexibility index (Phi) is 4.09. The van der Waals surface area contributed by atoms with Crippen molar-refractivity contribution in [3.63, 3.8) is 0 Å². The molecule has 3 unspecified atom stereocenters. The summed E-state index contributed by atoms with van der Waals surface area (Å²) in [7, 11) is 0. The second-order valence-electron chi connectivity index (χ2n) is 8.13. The molecule has 3 atom stereocenters. The van der Waals surface area contributed by atoms with Crippen LogP contribution in [0.4, 0.5) is 0 Å². The molecule has 130 valence electrons. The van der Waals surface area contributed by atoms with Gasteiger partial charge < -0.3 is 0 Å². The molecule has 2 fully saturated rings. The molecule has 1 nitrogen and oxygen atoms in total. The predicted octanol–water partition coefficient (Wildman–Crippen LogP) is 6.39. The van der Waals surface area contributed by atoms with E-state index in [1.54, 1.807) is 0 Å². The number of pyridine rings is 1. The summed E-state index contributed by atoms with van der Waals surface area (Å²) in [6.45, 7) is 0. The van der Waals surface area contributed by atoms with Crippen LogP contribution in [0.2, 0.25) is 0 Å². The predicted molar refractivity (Wildman–Crippen MR) is 108 cm³/mol. The number of fused-ring (bicyclic) bond motifs is 2. The Bertz CT molecular complexity index is 882. The molecule has 1 aromatic heterocycles. The Morgan fingerprint density at radius 2 is 1.62 bits per heavy atom. The monoisotopic (exact) mass is 339 g/mol. The summed E-state index contributed by atoms with van der Waals surface area (Å²) in [4.78, 5) is 4.54. The van der Waals surface area contributed by atoms with Crippen LogP contribution in [-0.2, 0) is 6.42 Å². The van der Waals surface area contributed by atoms with Crippen LogP contribution in [0.5, 0.6) is 0 Å². The molecule has 2 aliphatic rings. The number of hydrogen-bond donors (Lipinski definition) is 0. The summed E-state index contributed by atoms with van der Waals surface area (Å²) in [5.74, 6) is 2.98. The van der Waals surface area contributed by atoms with E-state index in [4.69, 9.17) is 0 Å². The van der Waals surface area contributed by atoms with E-state index in [0.29, 0.717) is 0 Å². The zero-order valence-electron chi connectivity index (χ0n) is 15.1. The van der Waals surface area contributed by atoms with Crippen molar-refractivity contribution in [1.29, 1.82) is 0 Å². The molecule has 0 aliphatic heterocycles. The third kappa shape index (κ3) is 3.07. The van der Waals surface area contributed by atoms with Gasteiger partial charge in [-0.05, 0) is 72.3 Å².